The Morgan fingerprint density at radius 3 is 2.62 bits per heavy atom. The molecule has 0 aliphatic carbocycles. The van der Waals surface area contributed by atoms with Crippen molar-refractivity contribution in [3.05, 3.63) is 70.8 Å². The Balaban J connectivity index is 1.86. The summed E-state index contributed by atoms with van der Waals surface area (Å²) >= 11 is 6.12. The van der Waals surface area contributed by atoms with E-state index in [1.165, 1.54) is 0 Å². The Bertz CT molecular complexity index is 952. The Hall–Kier alpha value is -2.86. The zero-order valence-corrected chi connectivity index (χ0v) is 15.1. The molecule has 3 rings (SSSR count). The molecular weight excluding hydrogens is 352 g/mol. The van der Waals surface area contributed by atoms with Crippen LogP contribution in [0, 0.1) is 0 Å². The van der Waals surface area contributed by atoms with Crippen LogP contribution in [-0.2, 0) is 6.54 Å². The summed E-state index contributed by atoms with van der Waals surface area (Å²) in [6.07, 6.45) is 2.53. The van der Waals surface area contributed by atoms with Gasteiger partial charge in [0.2, 0.25) is 5.82 Å². The van der Waals surface area contributed by atoms with E-state index < -0.39 is 0 Å². The van der Waals surface area contributed by atoms with Crippen molar-refractivity contribution < 1.29 is 9.59 Å². The van der Waals surface area contributed by atoms with Crippen LogP contribution in [0.15, 0.2) is 48.7 Å². The standard InChI is InChI=1S/C19H19ClN4O2/c1-2-10-21-18(25)16-15-9-5-6-11-24(15)17(23-16)19(26)22-12-13-7-3-4-8-14(13)20/h3-9,11H,2,10,12H2,1H3,(H,21,25)(H,22,26). The lowest BCUT2D eigenvalue weighted by atomic mass is 10.2. The number of rotatable bonds is 6. The zero-order valence-electron chi connectivity index (χ0n) is 14.3. The van der Waals surface area contributed by atoms with Gasteiger partial charge in [-0.15, -0.1) is 0 Å². The highest BCUT2D eigenvalue weighted by Gasteiger charge is 2.21. The molecule has 1 aromatic carbocycles. The first-order valence-electron chi connectivity index (χ1n) is 8.38. The van der Waals surface area contributed by atoms with Gasteiger partial charge in [0.1, 0.15) is 0 Å². The van der Waals surface area contributed by atoms with E-state index in [1.807, 2.05) is 25.1 Å². The summed E-state index contributed by atoms with van der Waals surface area (Å²) in [5, 5.41) is 6.18. The second kappa shape index (κ2) is 8.01. The molecule has 2 amide bonds. The van der Waals surface area contributed by atoms with Crippen molar-refractivity contribution in [2.75, 3.05) is 6.54 Å². The maximum absolute atomic E-state index is 12.6. The summed E-state index contributed by atoms with van der Waals surface area (Å²) in [7, 11) is 0. The van der Waals surface area contributed by atoms with Gasteiger partial charge in [0.15, 0.2) is 5.69 Å². The maximum Gasteiger partial charge on any atom is 0.287 e. The first-order chi connectivity index (χ1) is 12.6. The lowest BCUT2D eigenvalue weighted by Gasteiger charge is -2.06. The van der Waals surface area contributed by atoms with Gasteiger partial charge in [-0.25, -0.2) is 4.98 Å². The fraction of sp³-hybridized carbons (Fsp3) is 0.211. The van der Waals surface area contributed by atoms with Crippen LogP contribution in [-0.4, -0.2) is 27.7 Å². The lowest BCUT2D eigenvalue weighted by Crippen LogP contribution is -2.26. The lowest BCUT2D eigenvalue weighted by molar-refractivity contribution is 0.0940. The summed E-state index contributed by atoms with van der Waals surface area (Å²) in [4.78, 5) is 29.2. The third-order valence-corrected chi connectivity index (χ3v) is 4.27. The van der Waals surface area contributed by atoms with E-state index in [0.717, 1.165) is 12.0 Å². The minimum absolute atomic E-state index is 0.161. The number of carbonyl (C=O) groups is 2. The minimum atomic E-state index is -0.374. The van der Waals surface area contributed by atoms with E-state index in [2.05, 4.69) is 15.6 Å². The molecule has 0 radical (unpaired) electrons. The summed E-state index contributed by atoms with van der Waals surface area (Å²) in [5.41, 5.74) is 1.63. The number of nitrogens with zero attached hydrogens (tertiary/aromatic N) is 2. The van der Waals surface area contributed by atoms with Gasteiger partial charge in [-0.1, -0.05) is 42.8 Å². The number of hydrogen-bond donors (Lipinski definition) is 2. The summed E-state index contributed by atoms with van der Waals surface area (Å²) in [6.45, 7) is 2.80. The fourth-order valence-corrected chi connectivity index (χ4v) is 2.79. The van der Waals surface area contributed by atoms with Gasteiger partial charge in [-0.2, -0.15) is 0 Å². The number of pyridine rings is 1. The van der Waals surface area contributed by atoms with Crippen LogP contribution in [0.4, 0.5) is 0 Å². The van der Waals surface area contributed by atoms with E-state index >= 15 is 0 Å². The molecule has 7 heteroatoms. The molecule has 26 heavy (non-hydrogen) atoms. The third-order valence-electron chi connectivity index (χ3n) is 3.90. The topological polar surface area (TPSA) is 75.5 Å². The number of carbonyl (C=O) groups excluding carboxylic acids is 2. The van der Waals surface area contributed by atoms with Crippen LogP contribution in [0.5, 0.6) is 0 Å². The molecule has 0 atom stereocenters. The minimum Gasteiger partial charge on any atom is -0.351 e. The summed E-state index contributed by atoms with van der Waals surface area (Å²) in [5.74, 6) is -0.504. The van der Waals surface area contributed by atoms with Crippen LogP contribution in [0.25, 0.3) is 5.52 Å². The molecule has 0 aliphatic rings. The van der Waals surface area contributed by atoms with Crippen LogP contribution in [0.3, 0.4) is 0 Å². The molecule has 0 bridgehead atoms. The molecular formula is C19H19ClN4O2. The highest BCUT2D eigenvalue weighted by molar-refractivity contribution is 6.31. The first-order valence-corrected chi connectivity index (χ1v) is 8.76. The van der Waals surface area contributed by atoms with E-state index in [1.54, 1.807) is 34.9 Å². The largest absolute Gasteiger partial charge is 0.351 e. The van der Waals surface area contributed by atoms with Gasteiger partial charge in [0, 0.05) is 24.3 Å². The van der Waals surface area contributed by atoms with Crippen molar-refractivity contribution in [3.8, 4) is 0 Å². The van der Waals surface area contributed by atoms with Crippen molar-refractivity contribution >= 4 is 28.9 Å². The predicted molar refractivity (Wildman–Crippen MR) is 100 cm³/mol. The molecule has 134 valence electrons. The number of hydrogen-bond acceptors (Lipinski definition) is 3. The third kappa shape index (κ3) is 3.70. The van der Waals surface area contributed by atoms with E-state index in [0.29, 0.717) is 17.1 Å². The number of nitrogens with one attached hydrogen (secondary N) is 2. The molecule has 0 spiro atoms. The second-order valence-corrected chi connectivity index (χ2v) is 6.18. The molecule has 3 aromatic rings. The number of halogens is 1. The number of amides is 2. The monoisotopic (exact) mass is 370 g/mol. The van der Waals surface area contributed by atoms with Crippen molar-refractivity contribution in [2.24, 2.45) is 0 Å². The smallest absolute Gasteiger partial charge is 0.287 e. The first kappa shape index (κ1) is 17.9. The molecule has 0 aliphatic heterocycles. The normalized spacial score (nSPS) is 10.7. The Morgan fingerprint density at radius 2 is 1.85 bits per heavy atom. The average molecular weight is 371 g/mol. The average Bonchev–Trinajstić information content (AvgIpc) is 3.05. The number of fused-ring (bicyclic) bond motifs is 1. The molecule has 6 nitrogen and oxygen atoms in total. The Labute approximate surface area is 156 Å². The van der Waals surface area contributed by atoms with Crippen molar-refractivity contribution in [1.82, 2.24) is 20.0 Å². The van der Waals surface area contributed by atoms with Gasteiger partial charge < -0.3 is 10.6 Å². The van der Waals surface area contributed by atoms with Gasteiger partial charge in [0.05, 0.1) is 5.52 Å². The molecule has 0 unspecified atom stereocenters. The van der Waals surface area contributed by atoms with Crippen LogP contribution in [0.1, 0.15) is 40.0 Å². The fourth-order valence-electron chi connectivity index (χ4n) is 2.58. The highest BCUT2D eigenvalue weighted by atomic mass is 35.5. The molecule has 0 saturated heterocycles. The molecule has 0 fully saturated rings. The van der Waals surface area contributed by atoms with Gasteiger partial charge >= 0.3 is 0 Å². The van der Waals surface area contributed by atoms with Crippen LogP contribution in [0.2, 0.25) is 5.02 Å². The van der Waals surface area contributed by atoms with E-state index in [4.69, 9.17) is 11.6 Å². The number of aromatic nitrogens is 2. The van der Waals surface area contributed by atoms with E-state index in [-0.39, 0.29) is 29.9 Å². The van der Waals surface area contributed by atoms with Gasteiger partial charge in [0.25, 0.3) is 11.8 Å². The Kier molecular flexibility index (Phi) is 5.53. The van der Waals surface area contributed by atoms with Gasteiger partial charge in [-0.3, -0.25) is 14.0 Å². The summed E-state index contributed by atoms with van der Waals surface area (Å²) in [6, 6.07) is 12.6. The maximum atomic E-state index is 12.6. The molecule has 2 heterocycles. The molecule has 0 saturated carbocycles. The highest BCUT2D eigenvalue weighted by Crippen LogP contribution is 2.16. The summed E-state index contributed by atoms with van der Waals surface area (Å²) < 4.78 is 1.61. The predicted octanol–water partition coefficient (Wildman–Crippen LogP) is 3.06. The van der Waals surface area contributed by atoms with Gasteiger partial charge in [-0.05, 0) is 30.2 Å². The zero-order chi connectivity index (χ0) is 18.5. The number of benzene rings is 1. The van der Waals surface area contributed by atoms with Crippen molar-refractivity contribution in [3.63, 3.8) is 0 Å². The Morgan fingerprint density at radius 1 is 1.08 bits per heavy atom. The molecule has 2 N–H and O–H groups in total. The van der Waals surface area contributed by atoms with Crippen molar-refractivity contribution in [2.45, 2.75) is 19.9 Å². The van der Waals surface area contributed by atoms with Crippen LogP contribution < -0.4 is 10.6 Å². The SMILES string of the molecule is CCCNC(=O)c1nc(C(=O)NCc2ccccc2Cl)n2ccccc12. The van der Waals surface area contributed by atoms with Crippen molar-refractivity contribution in [1.29, 1.82) is 0 Å². The van der Waals surface area contributed by atoms with E-state index in [9.17, 15) is 9.59 Å². The van der Waals surface area contributed by atoms with Crippen LogP contribution >= 0.6 is 11.6 Å². The second-order valence-electron chi connectivity index (χ2n) is 5.77. The quantitative estimate of drug-likeness (QED) is 0.700. The molecule has 2 aromatic heterocycles. The number of imidazole rings is 1.